The Balaban J connectivity index is 0.00000208. The summed E-state index contributed by atoms with van der Waals surface area (Å²) in [7, 11) is 3.71. The summed E-state index contributed by atoms with van der Waals surface area (Å²) in [6.45, 7) is 0.0239. The van der Waals surface area contributed by atoms with Crippen LogP contribution in [0.2, 0.25) is 5.02 Å². The molecular weight excluding hydrogens is 475 g/mol. The molecule has 0 spiro atoms. The number of rotatable bonds is 3. The van der Waals surface area contributed by atoms with Crippen molar-refractivity contribution in [2.45, 2.75) is 6.54 Å². The number of hydrogen-bond donors (Lipinski definition) is 0. The average molecular weight is 489 g/mol. The summed E-state index contributed by atoms with van der Waals surface area (Å²) in [5, 5.41) is 1.60. The third-order valence-corrected chi connectivity index (χ3v) is 4.58. The molecule has 0 N–H and O–H groups in total. The van der Waals surface area contributed by atoms with Gasteiger partial charge in [-0.05, 0) is 30.3 Å². The van der Waals surface area contributed by atoms with E-state index in [9.17, 15) is 9.59 Å². The molecular formula is C17H13BrClMoN2O2-. The minimum Gasteiger partial charge on any atom is -0.540 e. The fourth-order valence-corrected chi connectivity index (χ4v) is 3.54. The first kappa shape index (κ1) is 19.2. The second-order valence-corrected chi connectivity index (χ2v) is 6.73. The molecule has 4 nitrogen and oxygen atoms in total. The van der Waals surface area contributed by atoms with E-state index in [0.29, 0.717) is 32.5 Å². The molecule has 24 heavy (non-hydrogen) atoms. The van der Waals surface area contributed by atoms with Gasteiger partial charge in [0.1, 0.15) is 0 Å². The van der Waals surface area contributed by atoms with E-state index < -0.39 is 0 Å². The van der Waals surface area contributed by atoms with Gasteiger partial charge in [-0.1, -0.05) is 34.1 Å². The van der Waals surface area contributed by atoms with E-state index in [1.807, 2.05) is 37.4 Å². The van der Waals surface area contributed by atoms with Gasteiger partial charge in [0.2, 0.25) is 0 Å². The molecule has 0 amide bonds. The van der Waals surface area contributed by atoms with Crippen LogP contribution in [-0.2, 0) is 32.4 Å². The van der Waals surface area contributed by atoms with Gasteiger partial charge in [-0.25, -0.2) is 6.29 Å². The van der Waals surface area contributed by atoms with Crippen molar-refractivity contribution in [3.63, 3.8) is 0 Å². The Kier molecular flexibility index (Phi) is 5.90. The predicted molar refractivity (Wildman–Crippen MR) is 98.4 cm³/mol. The number of pyridine rings is 1. The zero-order valence-corrected chi connectivity index (χ0v) is 17.3. The summed E-state index contributed by atoms with van der Waals surface area (Å²) in [4.78, 5) is 25.8. The summed E-state index contributed by atoms with van der Waals surface area (Å²) < 4.78 is 2.59. The van der Waals surface area contributed by atoms with Gasteiger partial charge in [0.05, 0.1) is 21.7 Å². The molecule has 2 aromatic carbocycles. The quantitative estimate of drug-likeness (QED) is 0.321. The van der Waals surface area contributed by atoms with Gasteiger partial charge in [0.25, 0.3) is 0 Å². The minimum atomic E-state index is -0.0850. The van der Waals surface area contributed by atoms with Gasteiger partial charge in [-0.3, -0.25) is 4.79 Å². The molecule has 0 saturated heterocycles. The summed E-state index contributed by atoms with van der Waals surface area (Å²) in [6, 6.07) is 8.84. The molecule has 0 aliphatic rings. The number of nitrogens with zero attached hydrogens (tertiary/aromatic N) is 2. The van der Waals surface area contributed by atoms with Crippen molar-refractivity contribution in [1.82, 2.24) is 4.57 Å². The molecule has 3 aromatic rings. The molecule has 124 valence electrons. The maximum atomic E-state index is 12.9. The summed E-state index contributed by atoms with van der Waals surface area (Å²) in [5.41, 5.74) is 1.95. The Bertz CT molecular complexity index is 1000. The second-order valence-electron chi connectivity index (χ2n) is 5.41. The Morgan fingerprint density at radius 3 is 2.54 bits per heavy atom. The zero-order chi connectivity index (χ0) is 16.7. The van der Waals surface area contributed by atoms with Crippen LogP contribution in [0.3, 0.4) is 0 Å². The number of carbonyl (C=O) groups excluding carboxylic acids is 1. The predicted octanol–water partition coefficient (Wildman–Crippen LogP) is 3.74. The molecule has 0 atom stereocenters. The van der Waals surface area contributed by atoms with Crippen LogP contribution in [0.1, 0.15) is 0 Å². The van der Waals surface area contributed by atoms with Crippen LogP contribution in [0.15, 0.2) is 39.6 Å². The molecule has 1 aromatic heterocycles. The number of aromatic nitrogens is 1. The number of anilines is 1. The third kappa shape index (κ3) is 3.05. The van der Waals surface area contributed by atoms with Gasteiger partial charge >= 0.3 is 0 Å². The van der Waals surface area contributed by atoms with E-state index in [1.54, 1.807) is 22.8 Å². The summed E-state index contributed by atoms with van der Waals surface area (Å²) in [6.07, 6.45) is 1.93. The van der Waals surface area contributed by atoms with Crippen LogP contribution in [-0.4, -0.2) is 24.9 Å². The Morgan fingerprint density at radius 2 is 1.92 bits per heavy atom. The number of benzene rings is 2. The average Bonchev–Trinajstić information content (AvgIpc) is 2.50. The van der Waals surface area contributed by atoms with Gasteiger partial charge < -0.3 is 14.3 Å². The molecule has 0 saturated carbocycles. The van der Waals surface area contributed by atoms with Gasteiger partial charge in [0, 0.05) is 50.4 Å². The molecule has 0 bridgehead atoms. The minimum absolute atomic E-state index is 0. The van der Waals surface area contributed by atoms with Crippen LogP contribution >= 0.6 is 27.5 Å². The topological polar surface area (TPSA) is 42.3 Å². The molecule has 3 rings (SSSR count). The number of fused-ring (bicyclic) bond motifs is 2. The van der Waals surface area contributed by atoms with E-state index in [-0.39, 0.29) is 33.0 Å². The third-order valence-electron chi connectivity index (χ3n) is 3.78. The van der Waals surface area contributed by atoms with Gasteiger partial charge in [-0.15, -0.1) is 0 Å². The Labute approximate surface area is 166 Å². The van der Waals surface area contributed by atoms with Gasteiger partial charge in [0.15, 0.2) is 5.43 Å². The van der Waals surface area contributed by atoms with Crippen molar-refractivity contribution in [3.05, 3.63) is 50.1 Å². The molecule has 0 radical (unpaired) electrons. The van der Waals surface area contributed by atoms with E-state index in [1.165, 1.54) is 0 Å². The SMILES string of the molecule is CN(C)c1c(Cl)ccc2c(=O)c3cc(Br)ccc3n(C[C-]=O)c12.[Mo]. The Hall–Kier alpha value is -1.16. The fraction of sp³-hybridized carbons (Fsp3) is 0.176. The molecule has 0 aliphatic heterocycles. The standard InChI is InChI=1S/C17H13BrClN2O2.Mo/c1-20(2)16-13(19)5-4-11-15(16)21(7-8-22)14-6-3-10(18)9-12(14)17(11)23;/h3-6,9H,7H2,1-2H3;/q-1;. The molecule has 0 fully saturated rings. The first-order chi connectivity index (χ1) is 11.0. The van der Waals surface area contributed by atoms with Crippen molar-refractivity contribution in [2.75, 3.05) is 19.0 Å². The summed E-state index contributed by atoms with van der Waals surface area (Å²) >= 11 is 9.72. The van der Waals surface area contributed by atoms with Crippen LogP contribution in [0.4, 0.5) is 5.69 Å². The largest absolute Gasteiger partial charge is 0.540 e. The van der Waals surface area contributed by atoms with Crippen molar-refractivity contribution in [1.29, 1.82) is 0 Å². The summed E-state index contributed by atoms with van der Waals surface area (Å²) in [5.74, 6) is 0. The molecule has 7 heteroatoms. The normalized spacial score (nSPS) is 10.7. The maximum Gasteiger partial charge on any atom is 0.197 e. The first-order valence-corrected chi connectivity index (χ1v) is 8.09. The van der Waals surface area contributed by atoms with E-state index in [0.717, 1.165) is 4.47 Å². The van der Waals surface area contributed by atoms with E-state index in [4.69, 9.17) is 11.6 Å². The first-order valence-electron chi connectivity index (χ1n) is 6.92. The molecule has 1 heterocycles. The van der Waals surface area contributed by atoms with Crippen molar-refractivity contribution < 1.29 is 25.9 Å². The second kappa shape index (κ2) is 7.38. The van der Waals surface area contributed by atoms with Crippen LogP contribution in [0, 0.1) is 0 Å². The maximum absolute atomic E-state index is 12.9. The van der Waals surface area contributed by atoms with Crippen LogP contribution in [0.5, 0.6) is 0 Å². The smallest absolute Gasteiger partial charge is 0.197 e. The Morgan fingerprint density at radius 1 is 1.21 bits per heavy atom. The van der Waals surface area contributed by atoms with Gasteiger partial charge in [-0.2, -0.15) is 0 Å². The fourth-order valence-electron chi connectivity index (χ4n) is 2.86. The van der Waals surface area contributed by atoms with E-state index in [2.05, 4.69) is 15.9 Å². The van der Waals surface area contributed by atoms with Crippen molar-refractivity contribution >= 4 is 61.3 Å². The van der Waals surface area contributed by atoms with Crippen LogP contribution < -0.4 is 10.3 Å². The van der Waals surface area contributed by atoms with Crippen LogP contribution in [0.25, 0.3) is 21.8 Å². The zero-order valence-electron chi connectivity index (χ0n) is 13.0. The van der Waals surface area contributed by atoms with Crippen molar-refractivity contribution in [2.24, 2.45) is 0 Å². The number of halogens is 2. The molecule has 0 unspecified atom stereocenters. The number of hydrogen-bond acceptors (Lipinski definition) is 3. The molecule has 0 aliphatic carbocycles. The van der Waals surface area contributed by atoms with E-state index >= 15 is 0 Å². The van der Waals surface area contributed by atoms with Crippen molar-refractivity contribution in [3.8, 4) is 0 Å². The monoisotopic (exact) mass is 489 g/mol.